The number of halogens is 11. The molecule has 3 aliphatic heterocycles. The van der Waals surface area contributed by atoms with Gasteiger partial charge in [0.25, 0.3) is 17.7 Å². The first-order valence-electron chi connectivity index (χ1n) is 40.3. The van der Waals surface area contributed by atoms with E-state index < -0.39 is 73.8 Å². The van der Waals surface area contributed by atoms with Crippen LogP contribution in [0.3, 0.4) is 0 Å². The van der Waals surface area contributed by atoms with Crippen LogP contribution in [-0.4, -0.2) is 186 Å². The maximum Gasteiger partial charge on any atom is 1.00 e. The topological polar surface area (TPSA) is 351 Å². The Morgan fingerprint density at radius 1 is 0.479 bits per heavy atom. The Hall–Kier alpha value is -11.6. The Bertz CT molecular complexity index is 6520. The molecular weight excluding hydrogens is 2100 g/mol. The first-order valence-corrected chi connectivity index (χ1v) is 46.3. The molecule has 0 aliphatic carbocycles. The number of rotatable bonds is 17. The molecule has 13 aromatic rings. The molecule has 44 heteroatoms. The number of fused-ring (bicyclic) bond motifs is 5. The molecule has 29 nitrogen and oxygen atoms in total. The quantitative estimate of drug-likeness (QED) is 0.0190. The molecule has 3 saturated heterocycles. The van der Waals surface area contributed by atoms with Gasteiger partial charge in [-0.05, 0) is 260 Å². The average Bonchev–Trinajstić information content (AvgIpc) is 1.59. The van der Waals surface area contributed by atoms with Gasteiger partial charge in [-0.3, -0.25) is 39.3 Å². The van der Waals surface area contributed by atoms with E-state index in [1.807, 2.05) is 85.8 Å². The summed E-state index contributed by atoms with van der Waals surface area (Å²) in [5, 5.41) is 25.8. The number of carbonyl (C=O) groups excluding carboxylic acids is 7. The summed E-state index contributed by atoms with van der Waals surface area (Å²) in [6.45, 7) is 14.1. The van der Waals surface area contributed by atoms with Crippen LogP contribution in [-0.2, 0) is 53.7 Å². The van der Waals surface area contributed by atoms with E-state index in [1.54, 1.807) is 162 Å². The number of nitrogens with zero attached hydrogens (tertiary/aromatic N) is 10. The molecule has 16 rings (SSSR count). The van der Waals surface area contributed by atoms with Crippen LogP contribution >= 0.6 is 69.6 Å². The molecule has 0 bridgehead atoms. The number of methoxy groups -OCH3 is 4. The van der Waals surface area contributed by atoms with E-state index in [-0.39, 0.29) is 118 Å². The second-order valence-electron chi connectivity index (χ2n) is 30.7. The number of carbonyl (C=O) groups is 7. The number of nitrogens with one attached hydrogen (secondary N) is 1. The van der Waals surface area contributed by atoms with Gasteiger partial charge in [-0.15, -0.1) is 85.2 Å². The number of ether oxygens (including phenoxy) is 7. The van der Waals surface area contributed by atoms with Crippen molar-refractivity contribution in [1.82, 2.24) is 40.0 Å². The second-order valence-corrected chi connectivity index (χ2v) is 40.4. The van der Waals surface area contributed by atoms with E-state index in [0.29, 0.717) is 57.2 Å². The van der Waals surface area contributed by atoms with Crippen molar-refractivity contribution in [1.29, 1.82) is 0 Å². The van der Waals surface area contributed by atoms with Gasteiger partial charge in [-0.1, -0.05) is 40.0 Å². The molecule has 0 spiro atoms. The number of aliphatic hydroxyl groups is 1. The molecule has 0 atom stereocenters. The monoisotopic (exact) mass is 2200 g/mol. The molecule has 0 saturated carbocycles. The number of esters is 1. The van der Waals surface area contributed by atoms with E-state index in [9.17, 15) is 73.4 Å². The van der Waals surface area contributed by atoms with Crippen LogP contribution in [0.4, 0.5) is 57.8 Å². The number of aromatic hydroxyl groups is 1. The van der Waals surface area contributed by atoms with Crippen molar-refractivity contribution in [2.75, 3.05) is 56.0 Å². The fourth-order valence-electron chi connectivity index (χ4n) is 13.6. The summed E-state index contributed by atoms with van der Waals surface area (Å²) in [7, 11) is 7.71. The van der Waals surface area contributed by atoms with Crippen LogP contribution in [0.15, 0.2) is 225 Å². The summed E-state index contributed by atoms with van der Waals surface area (Å²) in [6, 6.07) is 50.6. The number of aryl methyl sites for hydroxylation is 1. The van der Waals surface area contributed by atoms with Gasteiger partial charge in [-0.25, -0.2) is 42.3 Å². The third kappa shape index (κ3) is 32.0. The molecule has 3 fully saturated rings. The number of pyridine rings is 5. The minimum Gasteiger partial charge on any atom is -1.00 e. The zero-order valence-electron chi connectivity index (χ0n) is 76.4. The number of urea groups is 3. The van der Waals surface area contributed by atoms with Crippen LogP contribution in [0, 0.1) is 6.92 Å². The van der Waals surface area contributed by atoms with Crippen LogP contribution in [0.5, 0.6) is 40.2 Å². The number of amides is 9. The average molecular weight is 2200 g/mol. The van der Waals surface area contributed by atoms with Crippen LogP contribution in [0.25, 0.3) is 54.5 Å². The third-order valence-electron chi connectivity index (χ3n) is 20.3. The summed E-state index contributed by atoms with van der Waals surface area (Å²) in [5.74, 6) is 0.980. The summed E-state index contributed by atoms with van der Waals surface area (Å²) in [4.78, 5) is 115. The third-order valence-corrected chi connectivity index (χ3v) is 20.6. The van der Waals surface area contributed by atoms with Gasteiger partial charge < -0.3 is 59.9 Å². The van der Waals surface area contributed by atoms with Gasteiger partial charge in [0.1, 0.15) is 56.9 Å². The maximum atomic E-state index is 13.3. The molecule has 742 valence electrons. The van der Waals surface area contributed by atoms with Crippen molar-refractivity contribution in [3.8, 4) is 40.2 Å². The van der Waals surface area contributed by atoms with E-state index in [2.05, 4.69) is 97.7 Å². The summed E-state index contributed by atoms with van der Waals surface area (Å²) >= 11 is 15.1. The van der Waals surface area contributed by atoms with Crippen molar-refractivity contribution in [2.45, 2.75) is 133 Å². The molecule has 0 radical (unpaired) electrons. The summed E-state index contributed by atoms with van der Waals surface area (Å²) in [6.07, 6.45) is -0.503. The predicted octanol–water partition coefficient (Wildman–Crippen LogP) is 18.6. The standard InChI is InChI=1S/C23H20F3N3O4.C22H18F3N3O4.C13H13NO3.C12H14N2O2.C11H10ClNO.C11H11NO2.CH3ClO2S.3CH4.Al.BBr3.Li.4H/c1-22(2)20(30)29(15-4-6-16(7-5-15)33-23(24,25)26)21(31)28(22)13-14-10-11-27-19-9-8-17(32-3)12-18(14)19;1-21(2)19(30)28(14-3-6-16(7-4-14)32-22(23,24)25)20(31)27(21)12-13-9-10-26-18-8-5-15(29)11-17(13)18;1-3-17-13(15)10-6-7-14-12-5-4-9(16-2)8-11(10)12;1-8-4-6-9(7-5-8)14-10(15)12(2,3)13-11(14)16;1-14-9-2-3-11-10(6-9)8(7-12)4-5-13-11;1-14-9-2-3-11-10(6-9)8(7-13)4-5-12-11;1-5(2,3)4;;;;;2-1(3)4;;;;;/h4-12H,13H2,1-3H3;3-11,29H,12H2,1-2H3;4-8H,3H2,1-2H3;4-7H,1-3H3,(H,13,16);2-6H,7H2,1H3;2-6,13H,7H2,1H3;1H3;3*1H4;;;;;;;/q;;;;;;;;;;;;+1;;;;-1. The Morgan fingerprint density at radius 2 is 0.779 bits per heavy atom. The molecule has 9 amide bonds. The van der Waals surface area contributed by atoms with E-state index in [1.165, 1.54) is 51.1 Å². The molecule has 3 aliphatic rings. The van der Waals surface area contributed by atoms with Crippen molar-refractivity contribution < 1.29 is 132 Å². The fourth-order valence-corrected chi connectivity index (χ4v) is 13.8. The Balaban J connectivity index is 0.000000437. The molecule has 8 heterocycles. The number of phenolic OH excluding ortho intramolecular Hbond substituents is 1. The number of anilines is 3. The predicted molar refractivity (Wildman–Crippen MR) is 545 cm³/mol. The smallest absolute Gasteiger partial charge is 1.00 e. The van der Waals surface area contributed by atoms with Crippen molar-refractivity contribution in [2.24, 2.45) is 0 Å². The molecular formula is C96H105AlBBr3Cl2F6LiN11O18S. The number of hydrogen-bond acceptors (Lipinski definition) is 23. The largest absolute Gasteiger partial charge is 1.00 e. The van der Waals surface area contributed by atoms with Crippen molar-refractivity contribution in [3.63, 3.8) is 0 Å². The Morgan fingerprint density at radius 3 is 1.11 bits per heavy atom. The fraction of sp³-hybridized carbons (Fsp3) is 0.271. The minimum absolute atomic E-state index is 0. The molecule has 0 unspecified atom stereocenters. The number of aromatic nitrogens is 5. The van der Waals surface area contributed by atoms with Crippen molar-refractivity contribution in [3.05, 3.63) is 258 Å². The minimum atomic E-state index is -4.85. The zero-order valence-corrected chi connectivity index (χ0v) is 82.5. The van der Waals surface area contributed by atoms with Gasteiger partial charge in [-0.2, -0.15) is 0 Å². The van der Waals surface area contributed by atoms with E-state index in [0.717, 1.165) is 112 Å². The number of imide groups is 3. The van der Waals surface area contributed by atoms with Gasteiger partial charge in [0, 0.05) is 87.6 Å². The van der Waals surface area contributed by atoms with Gasteiger partial charge in [0.05, 0.1) is 98.1 Å². The van der Waals surface area contributed by atoms with E-state index >= 15 is 0 Å². The Kier molecular flexibility index (Phi) is 45.5. The summed E-state index contributed by atoms with van der Waals surface area (Å²) in [5.41, 5.74) is 6.55. The number of alkyl halides is 7. The van der Waals surface area contributed by atoms with E-state index in [4.69, 9.17) is 40.4 Å². The summed E-state index contributed by atoms with van der Waals surface area (Å²) < 4.78 is 127. The number of benzene rings is 8. The maximum absolute atomic E-state index is 13.3. The second kappa shape index (κ2) is 52.8. The number of hydrogen-bond donors (Lipinski definition) is 3. The molecule has 140 heavy (non-hydrogen) atoms. The molecule has 8 aromatic carbocycles. The van der Waals surface area contributed by atoms with Crippen molar-refractivity contribution >= 4 is 213 Å². The Labute approximate surface area is 865 Å². The SMILES string of the molecule is BrB(Br)Br.C.C.C.CC1(C)C(=O)N(c2ccc(OC(F)(F)F)cc2)C(=O)N1Cc1ccnc2ccc(O)cc12.CCOC(=O)c1ccnc2ccc(OC)cc12.COc1ccc2nccc(CCl)c2c1.COc1ccc2nccc(CN3C(=O)N(c4ccc(OC(F)(F)F)cc4)C(=O)C3(C)C)c2c1.COc1ccc2nccc(CO)c2c1.CS(=O)(=O)Cl.Cc1ccc(N2C(=O)NC(C)(C)C2=O)cc1.[AlH3].[H-].[Li+]. The normalized spacial score (nSPS) is 13.5. The molecule has 3 N–H and O–H groups in total. The van der Waals surface area contributed by atoms with Gasteiger partial charge in [0.15, 0.2) is 17.4 Å². The zero-order chi connectivity index (χ0) is 99.4. The van der Waals surface area contributed by atoms with Gasteiger partial charge >= 0.3 is 58.8 Å². The number of phenols is 1. The van der Waals surface area contributed by atoms with Crippen LogP contribution < -0.4 is 67.3 Å². The first kappa shape index (κ1) is 121. The number of aliphatic hydroxyl groups excluding tert-OH is 1. The van der Waals surface area contributed by atoms with Crippen LogP contribution in [0.2, 0.25) is 0 Å². The first-order chi connectivity index (χ1) is 63.6. The van der Waals surface area contributed by atoms with Crippen LogP contribution in [0.1, 0.15) is 110 Å². The van der Waals surface area contributed by atoms with Gasteiger partial charge in [0.2, 0.25) is 9.05 Å². The molecule has 5 aromatic heterocycles.